The molecule has 2 aliphatic carbocycles. The van der Waals surface area contributed by atoms with Crippen LogP contribution in [-0.4, -0.2) is 54.6 Å². The molecule has 2 atom stereocenters. The van der Waals surface area contributed by atoms with Crippen LogP contribution in [0, 0.1) is 16.0 Å². The van der Waals surface area contributed by atoms with E-state index in [2.05, 4.69) is 15.5 Å². The van der Waals surface area contributed by atoms with Gasteiger partial charge in [-0.1, -0.05) is 6.08 Å². The number of nitrogens with one attached hydrogen (secondary N) is 2. The maximum atomic E-state index is 10.9. The summed E-state index contributed by atoms with van der Waals surface area (Å²) >= 11 is 0. The third-order valence-corrected chi connectivity index (χ3v) is 5.32. The van der Waals surface area contributed by atoms with Crippen molar-refractivity contribution in [1.29, 1.82) is 0 Å². The highest BCUT2D eigenvalue weighted by molar-refractivity contribution is 5.26. The second kappa shape index (κ2) is 6.89. The molecule has 22 heavy (non-hydrogen) atoms. The zero-order chi connectivity index (χ0) is 15.4. The molecule has 122 valence electrons. The number of allylic oxidation sites excluding steroid dienone is 2. The summed E-state index contributed by atoms with van der Waals surface area (Å²) < 4.78 is 0. The normalized spacial score (nSPS) is 31.8. The van der Waals surface area contributed by atoms with Gasteiger partial charge in [-0.15, -0.1) is 0 Å². The van der Waals surface area contributed by atoms with Gasteiger partial charge < -0.3 is 15.5 Å². The maximum absolute atomic E-state index is 10.9. The first kappa shape index (κ1) is 15.6. The Morgan fingerprint density at radius 2 is 2.27 bits per heavy atom. The van der Waals surface area contributed by atoms with Crippen LogP contribution in [0.4, 0.5) is 0 Å². The van der Waals surface area contributed by atoms with Crippen LogP contribution in [0.25, 0.3) is 0 Å². The summed E-state index contributed by atoms with van der Waals surface area (Å²) in [7, 11) is 0. The summed E-state index contributed by atoms with van der Waals surface area (Å²) in [6.07, 6.45) is 9.74. The summed E-state index contributed by atoms with van der Waals surface area (Å²) in [5, 5.41) is 18.0. The SMILES string of the molecule is O=[N+]([O-])C1=CCC2CCC2(NCCCN2CCNCC2)C=C1. The number of hydrogen-bond acceptors (Lipinski definition) is 5. The molecule has 2 fully saturated rings. The smallest absolute Gasteiger partial charge is 0.265 e. The van der Waals surface area contributed by atoms with Crippen molar-refractivity contribution in [2.24, 2.45) is 5.92 Å². The first-order chi connectivity index (χ1) is 10.7. The standard InChI is InChI=1S/C16H26N4O2/c21-20(22)15-3-2-14-4-6-16(14,7-5-15)18-8-1-11-19-12-9-17-10-13-19/h3,5,7,14,17-18H,1-2,4,6,8-13H2. The Morgan fingerprint density at radius 3 is 2.95 bits per heavy atom. The summed E-state index contributed by atoms with van der Waals surface area (Å²) in [4.78, 5) is 13.2. The van der Waals surface area contributed by atoms with Gasteiger partial charge in [0.1, 0.15) is 0 Å². The number of nitrogens with zero attached hydrogens (tertiary/aromatic N) is 2. The van der Waals surface area contributed by atoms with Gasteiger partial charge in [0.2, 0.25) is 0 Å². The Morgan fingerprint density at radius 1 is 1.45 bits per heavy atom. The van der Waals surface area contributed by atoms with Crippen molar-refractivity contribution in [2.75, 3.05) is 39.3 Å². The molecule has 1 saturated heterocycles. The Kier molecular flexibility index (Phi) is 4.90. The number of piperazine rings is 1. The summed E-state index contributed by atoms with van der Waals surface area (Å²) in [6, 6.07) is 0. The molecular formula is C16H26N4O2. The molecule has 1 saturated carbocycles. The van der Waals surface area contributed by atoms with Gasteiger partial charge in [0.25, 0.3) is 5.70 Å². The monoisotopic (exact) mass is 306 g/mol. The van der Waals surface area contributed by atoms with E-state index in [4.69, 9.17) is 0 Å². The molecule has 0 bridgehead atoms. The third-order valence-electron chi connectivity index (χ3n) is 5.32. The highest BCUT2D eigenvalue weighted by Gasteiger charge is 2.44. The van der Waals surface area contributed by atoms with Crippen molar-refractivity contribution >= 4 is 0 Å². The molecule has 1 aliphatic heterocycles. The van der Waals surface area contributed by atoms with Gasteiger partial charge in [-0.05, 0) is 50.8 Å². The molecule has 2 unspecified atom stereocenters. The molecule has 0 amide bonds. The van der Waals surface area contributed by atoms with E-state index in [1.807, 2.05) is 6.08 Å². The summed E-state index contributed by atoms with van der Waals surface area (Å²) in [5.74, 6) is 0.514. The lowest BCUT2D eigenvalue weighted by atomic mass is 9.65. The molecule has 6 heteroatoms. The number of fused-ring (bicyclic) bond motifs is 1. The minimum Gasteiger partial charge on any atom is -0.314 e. The van der Waals surface area contributed by atoms with E-state index in [0.717, 1.165) is 65.0 Å². The topological polar surface area (TPSA) is 70.4 Å². The largest absolute Gasteiger partial charge is 0.314 e. The van der Waals surface area contributed by atoms with Crippen LogP contribution in [0.5, 0.6) is 0 Å². The lowest BCUT2D eigenvalue weighted by Crippen LogP contribution is -2.57. The Bertz CT molecular complexity index is 471. The number of rotatable bonds is 6. The van der Waals surface area contributed by atoms with Crippen LogP contribution in [0.2, 0.25) is 0 Å². The van der Waals surface area contributed by atoms with Gasteiger partial charge >= 0.3 is 0 Å². The average Bonchev–Trinajstić information content (AvgIpc) is 2.63. The molecule has 0 aromatic heterocycles. The summed E-state index contributed by atoms with van der Waals surface area (Å²) in [6.45, 7) is 6.60. The predicted octanol–water partition coefficient (Wildman–Crippen LogP) is 1.14. The van der Waals surface area contributed by atoms with E-state index >= 15 is 0 Å². The Balaban J connectivity index is 1.47. The van der Waals surface area contributed by atoms with E-state index in [1.54, 1.807) is 12.2 Å². The van der Waals surface area contributed by atoms with E-state index in [9.17, 15) is 10.1 Å². The van der Waals surface area contributed by atoms with Gasteiger partial charge in [0.05, 0.1) is 4.92 Å². The molecule has 3 aliphatic rings. The Hall–Kier alpha value is -1.24. The van der Waals surface area contributed by atoms with Gasteiger partial charge in [0, 0.05) is 37.8 Å². The van der Waals surface area contributed by atoms with Crippen LogP contribution in [0.1, 0.15) is 25.7 Å². The fourth-order valence-electron chi connectivity index (χ4n) is 3.76. The minimum atomic E-state index is -0.278. The third kappa shape index (κ3) is 3.39. The van der Waals surface area contributed by atoms with Gasteiger partial charge in [-0.2, -0.15) is 0 Å². The zero-order valence-corrected chi connectivity index (χ0v) is 13.1. The zero-order valence-electron chi connectivity index (χ0n) is 13.1. The van der Waals surface area contributed by atoms with Crippen LogP contribution in [0.15, 0.2) is 23.9 Å². The van der Waals surface area contributed by atoms with Crippen molar-refractivity contribution in [1.82, 2.24) is 15.5 Å². The second-order valence-corrected chi connectivity index (χ2v) is 6.60. The van der Waals surface area contributed by atoms with Crippen LogP contribution in [-0.2, 0) is 0 Å². The summed E-state index contributed by atoms with van der Waals surface area (Å²) in [5.41, 5.74) is 0.244. The highest BCUT2D eigenvalue weighted by atomic mass is 16.6. The molecular weight excluding hydrogens is 280 g/mol. The predicted molar refractivity (Wildman–Crippen MR) is 86.2 cm³/mol. The van der Waals surface area contributed by atoms with Gasteiger partial charge in [-0.25, -0.2) is 0 Å². The number of hydrogen-bond donors (Lipinski definition) is 2. The molecule has 0 aromatic carbocycles. The molecule has 0 spiro atoms. The first-order valence-electron chi connectivity index (χ1n) is 8.41. The second-order valence-electron chi connectivity index (χ2n) is 6.60. The molecule has 6 nitrogen and oxygen atoms in total. The lowest BCUT2D eigenvalue weighted by Gasteiger charge is -2.48. The van der Waals surface area contributed by atoms with Crippen LogP contribution in [0.3, 0.4) is 0 Å². The van der Waals surface area contributed by atoms with E-state index in [-0.39, 0.29) is 16.2 Å². The molecule has 1 heterocycles. The maximum Gasteiger partial charge on any atom is 0.265 e. The lowest BCUT2D eigenvalue weighted by molar-refractivity contribution is -0.419. The molecule has 3 rings (SSSR count). The van der Waals surface area contributed by atoms with Crippen molar-refractivity contribution in [3.05, 3.63) is 34.0 Å². The molecule has 2 N–H and O–H groups in total. The quantitative estimate of drug-likeness (QED) is 0.437. The van der Waals surface area contributed by atoms with E-state index in [0.29, 0.717) is 5.92 Å². The van der Waals surface area contributed by atoms with Crippen LogP contribution >= 0.6 is 0 Å². The average molecular weight is 306 g/mol. The van der Waals surface area contributed by atoms with Crippen molar-refractivity contribution < 1.29 is 4.92 Å². The molecule has 0 aromatic rings. The minimum absolute atomic E-state index is 0.00227. The van der Waals surface area contributed by atoms with Crippen molar-refractivity contribution in [3.8, 4) is 0 Å². The van der Waals surface area contributed by atoms with E-state index < -0.39 is 0 Å². The van der Waals surface area contributed by atoms with E-state index in [1.165, 1.54) is 0 Å². The highest BCUT2D eigenvalue weighted by Crippen LogP contribution is 2.44. The first-order valence-corrected chi connectivity index (χ1v) is 8.41. The van der Waals surface area contributed by atoms with Gasteiger partial charge in [-0.3, -0.25) is 10.1 Å². The number of nitro groups is 1. The fourth-order valence-corrected chi connectivity index (χ4v) is 3.76. The Labute approximate surface area is 131 Å². The van der Waals surface area contributed by atoms with Gasteiger partial charge in [0.15, 0.2) is 0 Å². The molecule has 0 radical (unpaired) electrons. The van der Waals surface area contributed by atoms with Crippen molar-refractivity contribution in [3.63, 3.8) is 0 Å². The fraction of sp³-hybridized carbons (Fsp3) is 0.750. The van der Waals surface area contributed by atoms with Crippen molar-refractivity contribution in [2.45, 2.75) is 31.2 Å². The van der Waals surface area contributed by atoms with Crippen LogP contribution < -0.4 is 10.6 Å².